The van der Waals surface area contributed by atoms with Gasteiger partial charge >= 0.3 is 11.9 Å². The molecule has 1 aromatic carbocycles. The van der Waals surface area contributed by atoms with Gasteiger partial charge in [-0.1, -0.05) is 18.2 Å². The zero-order valence-corrected chi connectivity index (χ0v) is 17.1. The van der Waals surface area contributed by atoms with Gasteiger partial charge in [0.25, 0.3) is 0 Å². The number of aromatic nitrogens is 1. The van der Waals surface area contributed by atoms with E-state index in [0.29, 0.717) is 0 Å². The van der Waals surface area contributed by atoms with E-state index in [1.807, 2.05) is 24.3 Å². The number of carboxylic acid groups (broad SMARTS) is 2. The molecule has 0 fully saturated rings. The van der Waals surface area contributed by atoms with Crippen molar-refractivity contribution < 1.29 is 34.2 Å². The summed E-state index contributed by atoms with van der Waals surface area (Å²) in [7, 11) is 0. The van der Waals surface area contributed by atoms with Gasteiger partial charge in [0, 0.05) is 23.5 Å². The smallest absolute Gasteiger partial charge is 0.322 e. The fourth-order valence-corrected chi connectivity index (χ4v) is 2.97. The molecule has 0 aliphatic heterocycles. The lowest BCUT2D eigenvalue weighted by Gasteiger charge is -2.20. The number of carbonyl (C=O) groups is 5. The van der Waals surface area contributed by atoms with Crippen molar-refractivity contribution in [3.8, 4) is 0 Å². The summed E-state index contributed by atoms with van der Waals surface area (Å²) in [5.41, 5.74) is 7.69. The summed E-state index contributed by atoms with van der Waals surface area (Å²) in [6, 6.07) is 5.23. The molecule has 2 rings (SSSR count). The van der Waals surface area contributed by atoms with E-state index in [9.17, 15) is 24.0 Å². The van der Waals surface area contributed by atoms with Crippen LogP contribution in [0, 0.1) is 0 Å². The number of carboxylic acids is 2. The largest absolute Gasteiger partial charge is 0.481 e. The van der Waals surface area contributed by atoms with Crippen LogP contribution in [0.25, 0.3) is 10.9 Å². The number of hydrogen-bond acceptors (Lipinski definition) is 6. The Labute approximate surface area is 182 Å². The lowest BCUT2D eigenvalue weighted by atomic mass is 10.0. The van der Waals surface area contributed by atoms with Crippen LogP contribution in [0.5, 0.6) is 0 Å². The number of aromatic amines is 1. The third-order valence-corrected chi connectivity index (χ3v) is 4.59. The van der Waals surface area contributed by atoms with E-state index in [2.05, 4.69) is 20.9 Å². The Bertz CT molecular complexity index is 1000. The third kappa shape index (κ3) is 7.40. The lowest BCUT2D eigenvalue weighted by Crippen LogP contribution is -2.53. The highest BCUT2D eigenvalue weighted by molar-refractivity contribution is 5.93. The SMILES string of the molecule is NC(Cc1c[nH]c2ccccc12)C(=O)NC(CCC(=O)O)C(=O)NCC(=O)NCC(=O)O. The van der Waals surface area contributed by atoms with Crippen LogP contribution < -0.4 is 21.7 Å². The van der Waals surface area contributed by atoms with E-state index in [-0.39, 0.29) is 12.8 Å². The molecule has 0 saturated heterocycles. The minimum Gasteiger partial charge on any atom is -0.481 e. The molecule has 172 valence electrons. The van der Waals surface area contributed by atoms with Crippen molar-refractivity contribution in [1.82, 2.24) is 20.9 Å². The molecule has 0 bridgehead atoms. The van der Waals surface area contributed by atoms with Crippen molar-refractivity contribution in [2.75, 3.05) is 13.1 Å². The summed E-state index contributed by atoms with van der Waals surface area (Å²) in [4.78, 5) is 60.9. The quantitative estimate of drug-likeness (QED) is 0.208. The Hall–Kier alpha value is -3.93. The number of nitrogens with two attached hydrogens (primary N) is 1. The predicted molar refractivity (Wildman–Crippen MR) is 112 cm³/mol. The maximum absolute atomic E-state index is 12.6. The first-order chi connectivity index (χ1) is 15.2. The van der Waals surface area contributed by atoms with Crippen LogP contribution in [0.1, 0.15) is 18.4 Å². The summed E-state index contributed by atoms with van der Waals surface area (Å²) in [6.45, 7) is -1.15. The lowest BCUT2D eigenvalue weighted by molar-refractivity contribution is -0.138. The summed E-state index contributed by atoms with van der Waals surface area (Å²) in [5, 5.41) is 25.1. The monoisotopic (exact) mass is 447 g/mol. The number of benzene rings is 1. The fraction of sp³-hybridized carbons (Fsp3) is 0.350. The van der Waals surface area contributed by atoms with Gasteiger partial charge < -0.3 is 36.9 Å². The molecule has 1 aromatic heterocycles. The Balaban J connectivity index is 1.97. The second-order valence-corrected chi connectivity index (χ2v) is 7.05. The Morgan fingerprint density at radius 1 is 0.969 bits per heavy atom. The number of rotatable bonds is 12. The highest BCUT2D eigenvalue weighted by Crippen LogP contribution is 2.18. The van der Waals surface area contributed by atoms with Crippen LogP contribution >= 0.6 is 0 Å². The van der Waals surface area contributed by atoms with E-state index in [4.69, 9.17) is 15.9 Å². The van der Waals surface area contributed by atoms with Gasteiger partial charge in [-0.05, 0) is 24.5 Å². The standard InChI is InChI=1S/C20H25N5O7/c21-13(7-11-8-22-14-4-2-1-3-12(11)14)19(31)25-15(5-6-17(27)28)20(32)24-9-16(26)23-10-18(29)30/h1-4,8,13,15,22H,5-7,9-10,21H2,(H,23,26)(H,24,32)(H,25,31)(H,27,28)(H,29,30). The molecule has 12 nitrogen and oxygen atoms in total. The number of H-pyrrole nitrogens is 1. The number of carbonyl (C=O) groups excluding carboxylic acids is 3. The first kappa shape index (κ1) is 24.3. The molecule has 2 aromatic rings. The number of amides is 3. The van der Waals surface area contributed by atoms with Crippen molar-refractivity contribution in [2.24, 2.45) is 5.73 Å². The number of hydrogen-bond donors (Lipinski definition) is 7. The average Bonchev–Trinajstić information content (AvgIpc) is 3.15. The van der Waals surface area contributed by atoms with Crippen molar-refractivity contribution in [3.63, 3.8) is 0 Å². The van der Waals surface area contributed by atoms with Crippen LogP contribution in [0.15, 0.2) is 30.5 Å². The van der Waals surface area contributed by atoms with Gasteiger partial charge in [0.2, 0.25) is 17.7 Å². The molecule has 0 spiro atoms. The minimum atomic E-state index is -1.25. The Morgan fingerprint density at radius 3 is 2.38 bits per heavy atom. The van der Waals surface area contributed by atoms with Crippen molar-refractivity contribution in [3.05, 3.63) is 36.0 Å². The molecule has 32 heavy (non-hydrogen) atoms. The zero-order chi connectivity index (χ0) is 23.7. The molecule has 0 aliphatic rings. The second-order valence-electron chi connectivity index (χ2n) is 7.05. The zero-order valence-electron chi connectivity index (χ0n) is 17.1. The molecule has 0 saturated carbocycles. The second kappa shape index (κ2) is 11.5. The van der Waals surface area contributed by atoms with E-state index in [0.717, 1.165) is 16.5 Å². The topological polar surface area (TPSA) is 204 Å². The highest BCUT2D eigenvalue weighted by Gasteiger charge is 2.25. The van der Waals surface area contributed by atoms with Gasteiger partial charge in [-0.25, -0.2) is 0 Å². The molecule has 3 amide bonds. The van der Waals surface area contributed by atoms with Crippen LogP contribution in [0.4, 0.5) is 0 Å². The highest BCUT2D eigenvalue weighted by atomic mass is 16.4. The van der Waals surface area contributed by atoms with Gasteiger partial charge in [-0.3, -0.25) is 24.0 Å². The molecule has 1 heterocycles. The van der Waals surface area contributed by atoms with Crippen molar-refractivity contribution in [2.45, 2.75) is 31.3 Å². The maximum Gasteiger partial charge on any atom is 0.322 e. The van der Waals surface area contributed by atoms with Crippen molar-refractivity contribution >= 4 is 40.6 Å². The van der Waals surface area contributed by atoms with Gasteiger partial charge in [0.1, 0.15) is 12.6 Å². The number of para-hydroxylation sites is 1. The van der Waals surface area contributed by atoms with E-state index in [1.165, 1.54) is 0 Å². The average molecular weight is 447 g/mol. The van der Waals surface area contributed by atoms with E-state index >= 15 is 0 Å². The summed E-state index contributed by atoms with van der Waals surface area (Å²) >= 11 is 0. The van der Waals surface area contributed by atoms with Crippen LogP contribution in [-0.2, 0) is 30.4 Å². The number of aliphatic carboxylic acids is 2. The Kier molecular flexibility index (Phi) is 8.72. The predicted octanol–water partition coefficient (Wildman–Crippen LogP) is -1.30. The summed E-state index contributed by atoms with van der Waals surface area (Å²) in [6.07, 6.45) is 1.30. The maximum atomic E-state index is 12.6. The van der Waals surface area contributed by atoms with Gasteiger partial charge in [0.15, 0.2) is 0 Å². The van der Waals surface area contributed by atoms with E-state index < -0.39 is 61.3 Å². The molecule has 2 unspecified atom stereocenters. The molecular formula is C20H25N5O7. The van der Waals surface area contributed by atoms with Gasteiger partial charge in [0.05, 0.1) is 12.6 Å². The molecule has 8 N–H and O–H groups in total. The molecule has 12 heteroatoms. The van der Waals surface area contributed by atoms with Crippen LogP contribution in [-0.4, -0.2) is 70.0 Å². The van der Waals surface area contributed by atoms with Gasteiger partial charge in [-0.15, -0.1) is 0 Å². The first-order valence-electron chi connectivity index (χ1n) is 9.76. The van der Waals surface area contributed by atoms with Crippen molar-refractivity contribution in [1.29, 1.82) is 0 Å². The Morgan fingerprint density at radius 2 is 1.69 bits per heavy atom. The molecule has 0 aliphatic carbocycles. The summed E-state index contributed by atoms with van der Waals surface area (Å²) < 4.78 is 0. The molecule has 2 atom stereocenters. The third-order valence-electron chi connectivity index (χ3n) is 4.59. The van der Waals surface area contributed by atoms with E-state index in [1.54, 1.807) is 6.20 Å². The summed E-state index contributed by atoms with van der Waals surface area (Å²) in [5.74, 6) is -4.61. The van der Waals surface area contributed by atoms with Crippen LogP contribution in [0.3, 0.4) is 0 Å². The molecule has 0 radical (unpaired) electrons. The molecular weight excluding hydrogens is 422 g/mol. The normalized spacial score (nSPS) is 12.5. The minimum absolute atomic E-state index is 0.181. The fourth-order valence-electron chi connectivity index (χ4n) is 2.97. The van der Waals surface area contributed by atoms with Gasteiger partial charge in [-0.2, -0.15) is 0 Å². The number of nitrogens with one attached hydrogen (secondary N) is 4. The number of fused-ring (bicyclic) bond motifs is 1. The van der Waals surface area contributed by atoms with Crippen LogP contribution in [0.2, 0.25) is 0 Å². The first-order valence-corrected chi connectivity index (χ1v) is 9.76.